The average molecular weight is 451 g/mol. The van der Waals surface area contributed by atoms with Crippen molar-refractivity contribution in [3.63, 3.8) is 0 Å². The number of hydrogen-bond acceptors (Lipinski definition) is 8. The second-order valence-electron chi connectivity index (χ2n) is 6.42. The molecule has 2 aromatic rings. The van der Waals surface area contributed by atoms with Crippen LogP contribution >= 0.6 is 23.4 Å². The third kappa shape index (κ3) is 5.33. The highest BCUT2D eigenvalue weighted by Gasteiger charge is 2.18. The van der Waals surface area contributed by atoms with Gasteiger partial charge in [-0.2, -0.15) is 11.8 Å². The van der Waals surface area contributed by atoms with Gasteiger partial charge in [0.25, 0.3) is 11.6 Å². The number of halogens is 1. The van der Waals surface area contributed by atoms with Crippen LogP contribution in [0.1, 0.15) is 10.4 Å². The maximum atomic E-state index is 12.2. The van der Waals surface area contributed by atoms with Crippen molar-refractivity contribution in [3.05, 3.63) is 57.1 Å². The Morgan fingerprint density at radius 2 is 1.97 bits per heavy atom. The standard InChI is InChI=1S/C19H19ClN4O5S/c20-14-3-2-13(10-17(14)24(27)28)22-18(25)11-29-19(26)12-1-4-16(15(21)9-12)23-5-7-30-8-6-23/h1-4,9-10H,5-8,11,21H2,(H,22,25). The summed E-state index contributed by atoms with van der Waals surface area (Å²) in [5, 5.41) is 13.3. The number of thioether (sulfide) groups is 1. The molecule has 0 saturated carbocycles. The normalized spacial score (nSPS) is 13.6. The van der Waals surface area contributed by atoms with Crippen LogP contribution in [0.3, 0.4) is 0 Å². The number of nitrogen functional groups attached to an aromatic ring is 1. The molecule has 0 spiro atoms. The highest BCUT2D eigenvalue weighted by molar-refractivity contribution is 7.99. The molecule has 1 aliphatic heterocycles. The molecule has 1 heterocycles. The second-order valence-corrected chi connectivity index (χ2v) is 8.05. The Labute approximate surface area is 181 Å². The number of anilines is 3. The van der Waals surface area contributed by atoms with Crippen LogP contribution < -0.4 is 16.0 Å². The van der Waals surface area contributed by atoms with E-state index in [-0.39, 0.29) is 22.0 Å². The Morgan fingerprint density at radius 1 is 1.23 bits per heavy atom. The number of hydrogen-bond donors (Lipinski definition) is 2. The van der Waals surface area contributed by atoms with Gasteiger partial charge >= 0.3 is 5.97 Å². The van der Waals surface area contributed by atoms with Crippen molar-refractivity contribution in [2.45, 2.75) is 0 Å². The predicted octanol–water partition coefficient (Wildman–Crippen LogP) is 3.18. The zero-order valence-corrected chi connectivity index (χ0v) is 17.4. The fourth-order valence-corrected chi connectivity index (χ4v) is 4.01. The SMILES string of the molecule is Nc1cc(C(=O)OCC(=O)Nc2ccc(Cl)c([N+](=O)[O-])c2)ccc1N1CCSCC1. The molecule has 0 atom stereocenters. The molecule has 1 amide bonds. The molecule has 158 valence electrons. The Morgan fingerprint density at radius 3 is 2.63 bits per heavy atom. The van der Waals surface area contributed by atoms with Crippen LogP contribution in [0.2, 0.25) is 5.02 Å². The molecular weight excluding hydrogens is 432 g/mol. The number of carbonyl (C=O) groups excluding carboxylic acids is 2. The lowest BCUT2D eigenvalue weighted by molar-refractivity contribution is -0.384. The molecular formula is C19H19ClN4O5S. The van der Waals surface area contributed by atoms with E-state index in [4.69, 9.17) is 22.1 Å². The Balaban J connectivity index is 1.57. The Bertz CT molecular complexity index is 981. The summed E-state index contributed by atoms with van der Waals surface area (Å²) in [6.07, 6.45) is 0. The molecule has 9 nitrogen and oxygen atoms in total. The van der Waals surface area contributed by atoms with Gasteiger partial charge in [0.1, 0.15) is 5.02 Å². The number of nitrogens with two attached hydrogens (primary N) is 1. The van der Waals surface area contributed by atoms with Crippen LogP contribution in [0.25, 0.3) is 0 Å². The van der Waals surface area contributed by atoms with Gasteiger partial charge in [-0.1, -0.05) is 11.6 Å². The maximum absolute atomic E-state index is 12.2. The van der Waals surface area contributed by atoms with E-state index in [1.807, 2.05) is 11.8 Å². The quantitative estimate of drug-likeness (QED) is 0.297. The topological polar surface area (TPSA) is 128 Å². The van der Waals surface area contributed by atoms with E-state index in [0.29, 0.717) is 5.69 Å². The summed E-state index contributed by atoms with van der Waals surface area (Å²) >= 11 is 7.62. The van der Waals surface area contributed by atoms with E-state index in [1.165, 1.54) is 18.2 Å². The minimum absolute atomic E-state index is 0.0474. The molecule has 1 aliphatic rings. The predicted molar refractivity (Wildman–Crippen MR) is 117 cm³/mol. The van der Waals surface area contributed by atoms with Gasteiger partial charge in [-0.05, 0) is 30.3 Å². The van der Waals surface area contributed by atoms with E-state index >= 15 is 0 Å². The summed E-state index contributed by atoms with van der Waals surface area (Å²) in [6.45, 7) is 1.23. The third-order valence-electron chi connectivity index (χ3n) is 4.38. The molecule has 30 heavy (non-hydrogen) atoms. The largest absolute Gasteiger partial charge is 0.452 e. The number of nitro benzene ring substituents is 1. The molecule has 0 unspecified atom stereocenters. The number of amides is 1. The van der Waals surface area contributed by atoms with Crippen molar-refractivity contribution >= 4 is 58.0 Å². The number of ether oxygens (including phenoxy) is 1. The minimum atomic E-state index is -0.695. The molecule has 0 aromatic heterocycles. The van der Waals surface area contributed by atoms with Crippen LogP contribution in [0.4, 0.5) is 22.7 Å². The molecule has 3 rings (SSSR count). The van der Waals surface area contributed by atoms with E-state index in [2.05, 4.69) is 10.2 Å². The fourth-order valence-electron chi connectivity index (χ4n) is 2.92. The molecule has 1 fully saturated rings. The van der Waals surface area contributed by atoms with Crippen molar-refractivity contribution in [2.24, 2.45) is 0 Å². The van der Waals surface area contributed by atoms with E-state index in [9.17, 15) is 19.7 Å². The monoisotopic (exact) mass is 450 g/mol. The third-order valence-corrected chi connectivity index (χ3v) is 5.64. The first-order valence-electron chi connectivity index (χ1n) is 8.98. The van der Waals surface area contributed by atoms with Crippen molar-refractivity contribution < 1.29 is 19.2 Å². The second kappa shape index (κ2) is 9.68. The number of benzene rings is 2. The lowest BCUT2D eigenvalue weighted by Gasteiger charge is -2.29. The summed E-state index contributed by atoms with van der Waals surface area (Å²) in [6, 6.07) is 8.74. The molecule has 2 aromatic carbocycles. The van der Waals surface area contributed by atoms with Crippen LogP contribution in [-0.4, -0.2) is 48.0 Å². The van der Waals surface area contributed by atoms with Gasteiger partial charge in [0, 0.05) is 36.3 Å². The van der Waals surface area contributed by atoms with E-state index in [0.717, 1.165) is 36.3 Å². The zero-order chi connectivity index (χ0) is 21.7. The highest BCUT2D eigenvalue weighted by Crippen LogP contribution is 2.28. The first-order valence-corrected chi connectivity index (χ1v) is 10.5. The van der Waals surface area contributed by atoms with Crippen molar-refractivity contribution in [1.29, 1.82) is 0 Å². The van der Waals surface area contributed by atoms with Gasteiger partial charge in [0.15, 0.2) is 6.61 Å². The summed E-state index contributed by atoms with van der Waals surface area (Å²) in [5.74, 6) is 0.708. The lowest BCUT2D eigenvalue weighted by Crippen LogP contribution is -2.33. The Kier molecular flexibility index (Phi) is 7.01. The highest BCUT2D eigenvalue weighted by atomic mass is 35.5. The van der Waals surface area contributed by atoms with Gasteiger partial charge in [-0.25, -0.2) is 4.79 Å². The maximum Gasteiger partial charge on any atom is 0.338 e. The van der Waals surface area contributed by atoms with Crippen LogP contribution in [-0.2, 0) is 9.53 Å². The summed E-state index contributed by atoms with van der Waals surface area (Å²) < 4.78 is 5.02. The van der Waals surface area contributed by atoms with Crippen LogP contribution in [0.15, 0.2) is 36.4 Å². The molecule has 0 bridgehead atoms. The number of nitrogens with one attached hydrogen (secondary N) is 1. The first-order chi connectivity index (χ1) is 14.3. The number of nitrogens with zero attached hydrogens (tertiary/aromatic N) is 2. The molecule has 0 aliphatic carbocycles. The van der Waals surface area contributed by atoms with Gasteiger partial charge in [0.05, 0.1) is 21.9 Å². The van der Waals surface area contributed by atoms with Crippen molar-refractivity contribution in [1.82, 2.24) is 0 Å². The van der Waals surface area contributed by atoms with E-state index < -0.39 is 23.4 Å². The minimum Gasteiger partial charge on any atom is -0.452 e. The van der Waals surface area contributed by atoms with Crippen LogP contribution in [0.5, 0.6) is 0 Å². The van der Waals surface area contributed by atoms with Crippen LogP contribution in [0, 0.1) is 10.1 Å². The number of nitro groups is 1. The number of esters is 1. The summed E-state index contributed by atoms with van der Waals surface area (Å²) in [5.41, 5.74) is 7.50. The van der Waals surface area contributed by atoms with Crippen molar-refractivity contribution in [2.75, 3.05) is 47.2 Å². The fraction of sp³-hybridized carbons (Fsp3) is 0.263. The summed E-state index contributed by atoms with van der Waals surface area (Å²) in [7, 11) is 0. The van der Waals surface area contributed by atoms with Gasteiger partial charge in [-0.3, -0.25) is 14.9 Å². The van der Waals surface area contributed by atoms with E-state index in [1.54, 1.807) is 12.1 Å². The molecule has 1 saturated heterocycles. The average Bonchev–Trinajstić information content (AvgIpc) is 2.73. The summed E-state index contributed by atoms with van der Waals surface area (Å²) in [4.78, 5) is 36.7. The van der Waals surface area contributed by atoms with Gasteiger partial charge < -0.3 is 20.7 Å². The van der Waals surface area contributed by atoms with Gasteiger partial charge in [0.2, 0.25) is 0 Å². The Hall–Kier alpha value is -2.98. The molecule has 11 heteroatoms. The molecule has 0 radical (unpaired) electrons. The molecule has 3 N–H and O–H groups in total. The smallest absolute Gasteiger partial charge is 0.338 e. The lowest BCUT2D eigenvalue weighted by atomic mass is 10.1. The van der Waals surface area contributed by atoms with Gasteiger partial charge in [-0.15, -0.1) is 0 Å². The number of rotatable bonds is 6. The number of carbonyl (C=O) groups is 2. The first kappa shape index (κ1) is 21.7. The zero-order valence-electron chi connectivity index (χ0n) is 15.8. The van der Waals surface area contributed by atoms with Crippen molar-refractivity contribution in [3.8, 4) is 0 Å².